The lowest BCUT2D eigenvalue weighted by Gasteiger charge is -2.27. The molecule has 0 spiro atoms. The Balaban J connectivity index is 1.63. The highest BCUT2D eigenvalue weighted by atomic mass is 16.2. The van der Waals surface area contributed by atoms with E-state index in [9.17, 15) is 4.79 Å². The van der Waals surface area contributed by atoms with Crippen molar-refractivity contribution in [2.24, 2.45) is 11.7 Å². The molecule has 1 saturated heterocycles. The molecular weight excluding hydrogens is 226 g/mol. The van der Waals surface area contributed by atoms with Crippen LogP contribution in [0.1, 0.15) is 24.8 Å². The predicted molar refractivity (Wildman–Crippen MR) is 71.2 cm³/mol. The van der Waals surface area contributed by atoms with Gasteiger partial charge in [-0.3, -0.25) is 0 Å². The molecule has 2 bridgehead atoms. The summed E-state index contributed by atoms with van der Waals surface area (Å²) in [5, 5.41) is 2.97. The average Bonchev–Trinajstić information content (AvgIpc) is 3.02. The topological polar surface area (TPSA) is 58.4 Å². The second-order valence-electron chi connectivity index (χ2n) is 5.32. The Morgan fingerprint density at radius 3 is 2.67 bits per heavy atom. The molecule has 2 amide bonds. The number of carbonyl (C=O) groups excluding carboxylic acids is 1. The quantitative estimate of drug-likeness (QED) is 0.839. The molecule has 1 aromatic carbocycles. The van der Waals surface area contributed by atoms with Crippen LogP contribution in [-0.2, 0) is 6.54 Å². The molecule has 96 valence electrons. The monoisotopic (exact) mass is 245 g/mol. The summed E-state index contributed by atoms with van der Waals surface area (Å²) in [6.45, 7) is 1.46. The van der Waals surface area contributed by atoms with Crippen molar-refractivity contribution in [3.8, 4) is 0 Å². The number of fused-ring (bicyclic) bond motifs is 2. The van der Waals surface area contributed by atoms with Gasteiger partial charge < -0.3 is 16.0 Å². The van der Waals surface area contributed by atoms with Gasteiger partial charge >= 0.3 is 6.03 Å². The fourth-order valence-electron chi connectivity index (χ4n) is 3.09. The van der Waals surface area contributed by atoms with E-state index >= 15 is 0 Å². The standard InChI is InChI=1S/C14H19N3O/c15-8-10-1-4-12(5-2-10)16-14(18)17-9-11-3-6-13(17)7-11/h1-2,4-5,11,13H,3,6-9,15H2,(H,16,18). The minimum absolute atomic E-state index is 0.0442. The molecule has 18 heavy (non-hydrogen) atoms. The van der Waals surface area contributed by atoms with Gasteiger partial charge in [0.15, 0.2) is 0 Å². The van der Waals surface area contributed by atoms with Crippen LogP contribution in [0.25, 0.3) is 0 Å². The van der Waals surface area contributed by atoms with Crippen LogP contribution in [0, 0.1) is 5.92 Å². The first kappa shape index (κ1) is 11.5. The zero-order valence-corrected chi connectivity index (χ0v) is 10.4. The van der Waals surface area contributed by atoms with E-state index in [2.05, 4.69) is 5.32 Å². The Hall–Kier alpha value is -1.55. The molecule has 1 saturated carbocycles. The Morgan fingerprint density at radius 2 is 2.11 bits per heavy atom. The number of piperidine rings is 1. The normalized spacial score (nSPS) is 25.5. The number of urea groups is 1. The summed E-state index contributed by atoms with van der Waals surface area (Å²) in [5.74, 6) is 0.736. The summed E-state index contributed by atoms with van der Waals surface area (Å²) in [6.07, 6.45) is 3.66. The van der Waals surface area contributed by atoms with Crippen LogP contribution in [-0.4, -0.2) is 23.5 Å². The largest absolute Gasteiger partial charge is 0.326 e. The van der Waals surface area contributed by atoms with E-state index < -0.39 is 0 Å². The highest BCUT2D eigenvalue weighted by molar-refractivity contribution is 5.89. The molecule has 1 heterocycles. The molecule has 1 aromatic rings. The molecule has 0 aromatic heterocycles. The van der Waals surface area contributed by atoms with Gasteiger partial charge in [-0.05, 0) is 42.9 Å². The van der Waals surface area contributed by atoms with Crippen molar-refractivity contribution >= 4 is 11.7 Å². The minimum Gasteiger partial charge on any atom is -0.326 e. The number of benzene rings is 1. The Bertz CT molecular complexity index is 443. The zero-order chi connectivity index (χ0) is 12.5. The molecule has 2 unspecified atom stereocenters. The number of rotatable bonds is 2. The number of carbonyl (C=O) groups is 1. The number of anilines is 1. The first-order chi connectivity index (χ1) is 8.76. The van der Waals surface area contributed by atoms with Gasteiger partial charge in [0.1, 0.15) is 0 Å². The van der Waals surface area contributed by atoms with E-state index in [-0.39, 0.29) is 6.03 Å². The zero-order valence-electron chi connectivity index (χ0n) is 10.4. The van der Waals surface area contributed by atoms with E-state index in [1.807, 2.05) is 29.2 Å². The summed E-state index contributed by atoms with van der Waals surface area (Å²) in [6, 6.07) is 8.24. The predicted octanol–water partition coefficient (Wildman–Crippen LogP) is 2.16. The number of amides is 2. The molecule has 0 radical (unpaired) electrons. The minimum atomic E-state index is 0.0442. The van der Waals surface area contributed by atoms with E-state index in [0.717, 1.165) is 23.7 Å². The van der Waals surface area contributed by atoms with Crippen LogP contribution in [0.15, 0.2) is 24.3 Å². The SMILES string of the molecule is NCc1ccc(NC(=O)N2CC3CCC2C3)cc1. The number of hydrogen-bond donors (Lipinski definition) is 2. The molecule has 1 aliphatic heterocycles. The Morgan fingerprint density at radius 1 is 1.33 bits per heavy atom. The smallest absolute Gasteiger partial charge is 0.322 e. The summed E-state index contributed by atoms with van der Waals surface area (Å²) < 4.78 is 0. The molecule has 1 aliphatic carbocycles. The summed E-state index contributed by atoms with van der Waals surface area (Å²) in [4.78, 5) is 14.1. The highest BCUT2D eigenvalue weighted by Crippen LogP contribution is 2.37. The van der Waals surface area contributed by atoms with Crippen LogP contribution in [0.4, 0.5) is 10.5 Å². The number of nitrogens with two attached hydrogens (primary N) is 1. The average molecular weight is 245 g/mol. The van der Waals surface area contributed by atoms with Crippen molar-refractivity contribution in [3.63, 3.8) is 0 Å². The van der Waals surface area contributed by atoms with Crippen LogP contribution in [0.5, 0.6) is 0 Å². The van der Waals surface area contributed by atoms with Gasteiger partial charge in [-0.1, -0.05) is 12.1 Å². The van der Waals surface area contributed by atoms with Gasteiger partial charge in [-0.25, -0.2) is 4.79 Å². The second kappa shape index (κ2) is 4.61. The maximum Gasteiger partial charge on any atom is 0.322 e. The second-order valence-corrected chi connectivity index (χ2v) is 5.32. The molecule has 2 fully saturated rings. The highest BCUT2D eigenvalue weighted by Gasteiger charge is 2.40. The van der Waals surface area contributed by atoms with Crippen molar-refractivity contribution in [1.29, 1.82) is 0 Å². The number of nitrogens with one attached hydrogen (secondary N) is 1. The van der Waals surface area contributed by atoms with Crippen LogP contribution in [0.3, 0.4) is 0 Å². The molecule has 2 aliphatic rings. The van der Waals surface area contributed by atoms with Crippen molar-refractivity contribution in [2.75, 3.05) is 11.9 Å². The maximum atomic E-state index is 12.1. The van der Waals surface area contributed by atoms with Crippen molar-refractivity contribution in [2.45, 2.75) is 31.8 Å². The lowest BCUT2D eigenvalue weighted by Crippen LogP contribution is -2.40. The molecule has 3 N–H and O–H groups in total. The van der Waals surface area contributed by atoms with Gasteiger partial charge in [0, 0.05) is 24.8 Å². The van der Waals surface area contributed by atoms with Crippen LogP contribution >= 0.6 is 0 Å². The third kappa shape index (κ3) is 2.08. The number of hydrogen-bond acceptors (Lipinski definition) is 2. The molecule has 4 heteroatoms. The van der Waals surface area contributed by atoms with Gasteiger partial charge in [0.25, 0.3) is 0 Å². The number of likely N-dealkylation sites (tertiary alicyclic amines) is 1. The van der Waals surface area contributed by atoms with Crippen molar-refractivity contribution < 1.29 is 4.79 Å². The van der Waals surface area contributed by atoms with Crippen molar-refractivity contribution in [1.82, 2.24) is 4.90 Å². The first-order valence-corrected chi connectivity index (χ1v) is 6.63. The van der Waals surface area contributed by atoms with Gasteiger partial charge in [-0.15, -0.1) is 0 Å². The van der Waals surface area contributed by atoms with Crippen LogP contribution in [0.2, 0.25) is 0 Å². The number of nitrogens with zero attached hydrogens (tertiary/aromatic N) is 1. The summed E-state index contributed by atoms with van der Waals surface area (Å²) >= 11 is 0. The molecule has 4 nitrogen and oxygen atoms in total. The third-order valence-electron chi connectivity index (χ3n) is 4.11. The van der Waals surface area contributed by atoms with E-state index in [4.69, 9.17) is 5.73 Å². The fraction of sp³-hybridized carbons (Fsp3) is 0.500. The summed E-state index contributed by atoms with van der Waals surface area (Å²) in [7, 11) is 0. The molecular formula is C14H19N3O. The van der Waals surface area contributed by atoms with E-state index in [0.29, 0.717) is 12.6 Å². The fourth-order valence-corrected chi connectivity index (χ4v) is 3.09. The maximum absolute atomic E-state index is 12.1. The Kier molecular flexibility index (Phi) is 2.96. The molecule has 3 rings (SSSR count). The first-order valence-electron chi connectivity index (χ1n) is 6.63. The van der Waals surface area contributed by atoms with E-state index in [1.165, 1.54) is 19.3 Å². The van der Waals surface area contributed by atoms with Gasteiger partial charge in [0.2, 0.25) is 0 Å². The van der Waals surface area contributed by atoms with Crippen molar-refractivity contribution in [3.05, 3.63) is 29.8 Å². The lowest BCUT2D eigenvalue weighted by atomic mass is 10.1. The van der Waals surface area contributed by atoms with Gasteiger partial charge in [0.05, 0.1) is 0 Å². The van der Waals surface area contributed by atoms with Crippen LogP contribution < -0.4 is 11.1 Å². The summed E-state index contributed by atoms with van der Waals surface area (Å²) in [5.41, 5.74) is 7.47. The van der Waals surface area contributed by atoms with Gasteiger partial charge in [-0.2, -0.15) is 0 Å². The molecule has 2 atom stereocenters. The lowest BCUT2D eigenvalue weighted by molar-refractivity contribution is 0.194. The third-order valence-corrected chi connectivity index (χ3v) is 4.11. The Labute approximate surface area is 107 Å². The van der Waals surface area contributed by atoms with E-state index in [1.54, 1.807) is 0 Å².